The van der Waals surface area contributed by atoms with Crippen LogP contribution in [0, 0.1) is 5.92 Å². The minimum absolute atomic E-state index is 0.0193. The van der Waals surface area contributed by atoms with E-state index < -0.39 is 31.1 Å². The first-order valence-corrected chi connectivity index (χ1v) is 8.81. The Morgan fingerprint density at radius 1 is 1.33 bits per heavy atom. The number of rotatable bonds is 5. The Morgan fingerprint density at radius 3 is 2.88 bits per heavy atom. The number of allylic oxidation sites excluding steroid dienone is 1. The lowest BCUT2D eigenvalue weighted by atomic mass is 9.68. The fraction of sp³-hybridized carbons (Fsp3) is 0.619. The van der Waals surface area contributed by atoms with E-state index in [2.05, 4.69) is 6.92 Å². The van der Waals surface area contributed by atoms with Gasteiger partial charge in [-0.3, -0.25) is 0 Å². The molecule has 3 nitrogen and oxygen atoms in total. The molecule has 2 atom stereocenters. The zero-order chi connectivity index (χ0) is 22.3. The number of ether oxygens (including phenoxy) is 1. The molecule has 0 spiro atoms. The summed E-state index contributed by atoms with van der Waals surface area (Å²) in [6.07, 6.45) is 5.98. The van der Waals surface area contributed by atoms with Gasteiger partial charge in [-0.05, 0) is 62.7 Å². The summed E-state index contributed by atoms with van der Waals surface area (Å²) in [6.45, 7) is -3.92. The van der Waals surface area contributed by atoms with Crippen molar-refractivity contribution in [2.45, 2.75) is 70.7 Å². The van der Waals surface area contributed by atoms with E-state index in [0.717, 1.165) is 24.8 Å². The normalized spacial score (nSPS) is 29.3. The number of hydrogen-bond acceptors (Lipinski definition) is 3. The zero-order valence-corrected chi connectivity index (χ0v) is 14.1. The van der Waals surface area contributed by atoms with Gasteiger partial charge in [0, 0.05) is 25.6 Å². The minimum atomic E-state index is -2.91. The van der Waals surface area contributed by atoms with Gasteiger partial charge in [-0.1, -0.05) is 25.8 Å². The number of hydrogen-bond donors (Lipinski definition) is 2. The molecule has 0 saturated heterocycles. The van der Waals surface area contributed by atoms with Crippen LogP contribution in [0.2, 0.25) is 0 Å². The van der Waals surface area contributed by atoms with E-state index >= 15 is 0 Å². The maximum absolute atomic E-state index is 10.8. The summed E-state index contributed by atoms with van der Waals surface area (Å²) in [6, 6.07) is 3.34. The molecule has 0 amide bonds. The third-order valence-corrected chi connectivity index (χ3v) is 5.20. The smallest absolute Gasteiger partial charge is 0.127 e. The van der Waals surface area contributed by atoms with Crippen molar-refractivity contribution in [3.05, 3.63) is 34.9 Å². The molecular formula is C21H30O3. The van der Waals surface area contributed by atoms with Gasteiger partial charge in [0.25, 0.3) is 0 Å². The Kier molecular flexibility index (Phi) is 3.17. The summed E-state index contributed by atoms with van der Waals surface area (Å²) in [5, 5.41) is 20.4. The summed E-state index contributed by atoms with van der Waals surface area (Å²) >= 11 is 0. The molecule has 3 heteroatoms. The molecule has 2 unspecified atom stereocenters. The summed E-state index contributed by atoms with van der Waals surface area (Å²) < 4.78 is 54.8. The lowest BCUT2D eigenvalue weighted by molar-refractivity contribution is 0.0100. The van der Waals surface area contributed by atoms with Crippen LogP contribution in [0.4, 0.5) is 0 Å². The van der Waals surface area contributed by atoms with Crippen molar-refractivity contribution in [3.8, 4) is 11.5 Å². The lowest BCUT2D eigenvalue weighted by Gasteiger charge is -2.46. The molecule has 0 aromatic heterocycles. The number of phenols is 1. The minimum Gasteiger partial charge on any atom is -0.507 e. The molecule has 0 radical (unpaired) electrons. The molecule has 1 aliphatic carbocycles. The molecule has 24 heavy (non-hydrogen) atoms. The number of fused-ring (bicyclic) bond motifs is 3. The molecule has 132 valence electrons. The fourth-order valence-corrected chi connectivity index (χ4v) is 3.91. The maximum atomic E-state index is 10.8. The van der Waals surface area contributed by atoms with Gasteiger partial charge < -0.3 is 14.9 Å². The number of aryl methyl sites for hydroxylation is 1. The van der Waals surface area contributed by atoms with Crippen LogP contribution in [0.25, 0.3) is 0 Å². The molecule has 0 fully saturated rings. The van der Waals surface area contributed by atoms with E-state index in [4.69, 9.17) is 13.0 Å². The second kappa shape index (κ2) is 6.79. The van der Waals surface area contributed by atoms with Gasteiger partial charge in [0.2, 0.25) is 0 Å². The second-order valence-electron chi connectivity index (χ2n) is 6.98. The maximum Gasteiger partial charge on any atom is 0.127 e. The third kappa shape index (κ3) is 3.19. The van der Waals surface area contributed by atoms with Crippen molar-refractivity contribution in [1.29, 1.82) is 0 Å². The average Bonchev–Trinajstić information content (AvgIpc) is 2.64. The Labute approximate surface area is 153 Å². The zero-order valence-electron chi connectivity index (χ0n) is 20.1. The molecule has 1 aromatic rings. The highest BCUT2D eigenvalue weighted by Gasteiger charge is 2.45. The van der Waals surface area contributed by atoms with E-state index in [9.17, 15) is 10.2 Å². The van der Waals surface area contributed by atoms with Crippen LogP contribution >= 0.6 is 0 Å². The first-order valence-electron chi connectivity index (χ1n) is 11.8. The Morgan fingerprint density at radius 2 is 2.17 bits per heavy atom. The van der Waals surface area contributed by atoms with E-state index in [-0.39, 0.29) is 24.5 Å². The number of aliphatic hydroxyl groups excluding tert-OH is 1. The fourth-order valence-electron chi connectivity index (χ4n) is 3.91. The number of unbranched alkanes of at least 4 members (excludes halogenated alkanes) is 2. The highest BCUT2D eigenvalue weighted by Crippen LogP contribution is 2.53. The predicted octanol–water partition coefficient (Wildman–Crippen LogP) is 4.71. The number of aromatic hydroxyl groups is 1. The van der Waals surface area contributed by atoms with Gasteiger partial charge in [-0.25, -0.2) is 0 Å². The van der Waals surface area contributed by atoms with Gasteiger partial charge in [0.15, 0.2) is 0 Å². The van der Waals surface area contributed by atoms with Crippen molar-refractivity contribution in [1.82, 2.24) is 0 Å². The van der Waals surface area contributed by atoms with E-state index in [1.54, 1.807) is 18.2 Å². The molecular weight excluding hydrogens is 300 g/mol. The van der Waals surface area contributed by atoms with Crippen LogP contribution in [0.15, 0.2) is 23.8 Å². The first kappa shape index (κ1) is 11.2. The molecule has 1 heterocycles. The van der Waals surface area contributed by atoms with Crippen LogP contribution < -0.4 is 4.74 Å². The molecule has 1 aliphatic heterocycles. The van der Waals surface area contributed by atoms with Crippen LogP contribution in [0.1, 0.15) is 78.0 Å². The summed E-state index contributed by atoms with van der Waals surface area (Å²) in [7, 11) is 0. The van der Waals surface area contributed by atoms with Gasteiger partial charge in [-0.2, -0.15) is 0 Å². The van der Waals surface area contributed by atoms with Crippen LogP contribution in [-0.2, 0) is 6.42 Å². The summed E-state index contributed by atoms with van der Waals surface area (Å²) in [5.41, 5.74) is -0.483. The average molecular weight is 337 g/mol. The van der Waals surface area contributed by atoms with E-state index in [1.165, 1.54) is 0 Å². The van der Waals surface area contributed by atoms with Gasteiger partial charge in [0.1, 0.15) is 17.1 Å². The standard InChI is InChI=1S/C21H30O3/c1-4-5-6-7-14-11-18(23)20-16-10-15(13-22)8-9-17(16)21(2,3)24-19(20)12-14/h10-12,16-17,22-23H,4-9,13H2,1-3H3/i2D3,3D3. The monoisotopic (exact) mass is 336 g/mol. The van der Waals surface area contributed by atoms with E-state index in [1.807, 2.05) is 0 Å². The molecule has 1 aromatic carbocycles. The molecule has 2 aliphatic rings. The van der Waals surface area contributed by atoms with Crippen molar-refractivity contribution in [3.63, 3.8) is 0 Å². The van der Waals surface area contributed by atoms with Crippen LogP contribution in [-0.4, -0.2) is 22.4 Å². The summed E-state index contributed by atoms with van der Waals surface area (Å²) in [4.78, 5) is 0. The molecule has 0 saturated carbocycles. The van der Waals surface area contributed by atoms with Crippen LogP contribution in [0.5, 0.6) is 11.5 Å². The Hall–Kier alpha value is -1.48. The second-order valence-corrected chi connectivity index (χ2v) is 6.98. The van der Waals surface area contributed by atoms with Crippen molar-refractivity contribution in [2.75, 3.05) is 6.61 Å². The SMILES string of the molecule is [2H]C([2H])([2H])C1(C([2H])([2H])[2H])Oc2cc(CCCCC)cc(O)c2C2C=C(CO)CCC21. The van der Waals surface area contributed by atoms with Crippen molar-refractivity contribution < 1.29 is 23.2 Å². The Balaban J connectivity index is 2.21. The van der Waals surface area contributed by atoms with Crippen LogP contribution in [0.3, 0.4) is 0 Å². The first-order chi connectivity index (χ1) is 14.0. The highest BCUT2D eigenvalue weighted by molar-refractivity contribution is 5.54. The highest BCUT2D eigenvalue weighted by atomic mass is 16.5. The van der Waals surface area contributed by atoms with Gasteiger partial charge >= 0.3 is 0 Å². The third-order valence-electron chi connectivity index (χ3n) is 5.20. The number of aliphatic hydroxyl groups is 1. The van der Waals surface area contributed by atoms with E-state index in [0.29, 0.717) is 24.0 Å². The Bertz CT molecular complexity index is 798. The largest absolute Gasteiger partial charge is 0.507 e. The molecule has 3 rings (SSSR count). The lowest BCUT2D eigenvalue weighted by Crippen LogP contribution is -2.45. The molecule has 0 bridgehead atoms. The van der Waals surface area contributed by atoms with Gasteiger partial charge in [0.05, 0.1) is 6.61 Å². The van der Waals surface area contributed by atoms with Crippen molar-refractivity contribution >= 4 is 0 Å². The summed E-state index contributed by atoms with van der Waals surface area (Å²) in [5.74, 6) is -1.44. The quantitative estimate of drug-likeness (QED) is 0.605. The number of phenolic OH excluding ortho intramolecular Hbond substituents is 1. The van der Waals surface area contributed by atoms with Gasteiger partial charge in [-0.15, -0.1) is 0 Å². The topological polar surface area (TPSA) is 49.7 Å². The predicted molar refractivity (Wildman–Crippen MR) is 96.7 cm³/mol. The molecule has 2 N–H and O–H groups in total. The number of benzene rings is 1. The van der Waals surface area contributed by atoms with Crippen molar-refractivity contribution in [2.24, 2.45) is 5.92 Å².